The van der Waals surface area contributed by atoms with Crippen LogP contribution in [0.3, 0.4) is 0 Å². The Kier molecular flexibility index (Phi) is 5.82. The van der Waals surface area contributed by atoms with Crippen molar-refractivity contribution in [2.45, 2.75) is 18.9 Å². The molecule has 0 radical (unpaired) electrons. The lowest BCUT2D eigenvalue weighted by Gasteiger charge is -2.11. The number of benzene rings is 1. The predicted molar refractivity (Wildman–Crippen MR) is 67.1 cm³/mol. The summed E-state index contributed by atoms with van der Waals surface area (Å²) in [6.45, 7) is 1.30. The third-order valence-corrected chi connectivity index (χ3v) is 2.44. The third kappa shape index (κ3) is 4.70. The van der Waals surface area contributed by atoms with Crippen LogP contribution in [-0.4, -0.2) is 18.2 Å². The summed E-state index contributed by atoms with van der Waals surface area (Å²) in [5.41, 5.74) is 1.41. The van der Waals surface area contributed by atoms with Crippen molar-refractivity contribution in [1.82, 2.24) is 5.32 Å². The number of nitrogens with zero attached hydrogens (tertiary/aromatic N) is 1. The molecule has 0 aliphatic carbocycles. The van der Waals surface area contributed by atoms with Crippen molar-refractivity contribution >= 4 is 0 Å². The fourth-order valence-corrected chi connectivity index (χ4v) is 1.45. The minimum absolute atomic E-state index is 0.496. The summed E-state index contributed by atoms with van der Waals surface area (Å²) in [5, 5.41) is 21.6. The van der Waals surface area contributed by atoms with Gasteiger partial charge in [0.15, 0.2) is 0 Å². The molecule has 0 fully saturated rings. The Hall–Kier alpha value is -1.81. The topological polar surface area (TPSA) is 56.0 Å². The molecule has 1 aromatic rings. The van der Waals surface area contributed by atoms with Gasteiger partial charge >= 0.3 is 0 Å². The molecule has 1 atom stereocenters. The summed E-state index contributed by atoms with van der Waals surface area (Å²) in [7, 11) is 0. The van der Waals surface area contributed by atoms with E-state index in [9.17, 15) is 5.11 Å². The van der Waals surface area contributed by atoms with Gasteiger partial charge in [-0.2, -0.15) is 5.26 Å². The first-order valence-electron chi connectivity index (χ1n) is 5.60. The van der Waals surface area contributed by atoms with Gasteiger partial charge in [0.1, 0.15) is 0 Å². The molecule has 0 amide bonds. The van der Waals surface area contributed by atoms with Crippen LogP contribution >= 0.6 is 0 Å². The van der Waals surface area contributed by atoms with E-state index in [0.717, 1.165) is 24.9 Å². The van der Waals surface area contributed by atoms with Gasteiger partial charge < -0.3 is 10.4 Å². The summed E-state index contributed by atoms with van der Waals surface area (Å²) in [4.78, 5) is 0. The first kappa shape index (κ1) is 13.3. The molecule has 0 spiro atoms. The van der Waals surface area contributed by atoms with Crippen LogP contribution in [0, 0.1) is 23.7 Å². The Morgan fingerprint density at radius 3 is 2.65 bits per heavy atom. The molecule has 0 aromatic heterocycles. The smallest absolute Gasteiger partial charge is 0.0991 e. The van der Waals surface area contributed by atoms with Crippen LogP contribution in [0.2, 0.25) is 0 Å². The molecule has 17 heavy (non-hydrogen) atoms. The lowest BCUT2D eigenvalue weighted by Crippen LogP contribution is -2.22. The molecule has 0 saturated heterocycles. The molecule has 3 nitrogen and oxygen atoms in total. The third-order valence-electron chi connectivity index (χ3n) is 2.44. The van der Waals surface area contributed by atoms with Gasteiger partial charge in [0.25, 0.3) is 0 Å². The van der Waals surface area contributed by atoms with Crippen molar-refractivity contribution in [1.29, 1.82) is 5.26 Å². The van der Waals surface area contributed by atoms with E-state index >= 15 is 0 Å². The van der Waals surface area contributed by atoms with Crippen LogP contribution in [0.4, 0.5) is 0 Å². The van der Waals surface area contributed by atoms with Crippen LogP contribution in [0.15, 0.2) is 24.3 Å². The molecule has 0 aliphatic rings. The van der Waals surface area contributed by atoms with Crippen molar-refractivity contribution < 1.29 is 5.11 Å². The number of hydrogen-bond acceptors (Lipinski definition) is 3. The summed E-state index contributed by atoms with van der Waals surface area (Å²) in [6.07, 6.45) is 6.25. The van der Waals surface area contributed by atoms with Crippen molar-refractivity contribution in [3.63, 3.8) is 0 Å². The summed E-state index contributed by atoms with van der Waals surface area (Å²) < 4.78 is 0. The zero-order valence-corrected chi connectivity index (χ0v) is 9.69. The number of rotatable bonds is 6. The summed E-state index contributed by atoms with van der Waals surface area (Å²) in [5.74, 6) is 2.57. The van der Waals surface area contributed by atoms with E-state index in [2.05, 4.69) is 11.2 Å². The quantitative estimate of drug-likeness (QED) is 0.574. The number of aliphatic hydroxyl groups is 1. The first-order chi connectivity index (χ1) is 8.27. The lowest BCUT2D eigenvalue weighted by atomic mass is 10.1. The number of nitriles is 1. The molecule has 0 saturated carbocycles. The van der Waals surface area contributed by atoms with Gasteiger partial charge in [-0.3, -0.25) is 0 Å². The Morgan fingerprint density at radius 1 is 1.35 bits per heavy atom. The highest BCUT2D eigenvalue weighted by atomic mass is 16.3. The second-order valence-corrected chi connectivity index (χ2v) is 3.76. The number of terminal acetylenes is 1. The number of hydrogen-bond donors (Lipinski definition) is 2. The largest absolute Gasteiger partial charge is 0.387 e. The molecule has 0 heterocycles. The first-order valence-corrected chi connectivity index (χ1v) is 5.60. The van der Waals surface area contributed by atoms with Crippen molar-refractivity contribution in [2.75, 3.05) is 13.1 Å². The summed E-state index contributed by atoms with van der Waals surface area (Å²) >= 11 is 0. The molecule has 2 N–H and O–H groups in total. The van der Waals surface area contributed by atoms with Gasteiger partial charge in [-0.15, -0.1) is 12.3 Å². The number of aliphatic hydroxyl groups excluding tert-OH is 1. The van der Waals surface area contributed by atoms with Gasteiger partial charge in [-0.05, 0) is 30.7 Å². The fourth-order valence-electron chi connectivity index (χ4n) is 1.45. The van der Waals surface area contributed by atoms with E-state index in [1.54, 1.807) is 24.3 Å². The van der Waals surface area contributed by atoms with Gasteiger partial charge in [-0.25, -0.2) is 0 Å². The highest BCUT2D eigenvalue weighted by molar-refractivity contribution is 5.32. The zero-order valence-electron chi connectivity index (χ0n) is 9.69. The van der Waals surface area contributed by atoms with Gasteiger partial charge in [0, 0.05) is 13.0 Å². The second-order valence-electron chi connectivity index (χ2n) is 3.76. The van der Waals surface area contributed by atoms with E-state index in [4.69, 9.17) is 11.7 Å². The number of nitrogens with one attached hydrogen (secondary N) is 1. The SMILES string of the molecule is C#CCCCNCC(O)c1ccc(C#N)cc1. The fraction of sp³-hybridized carbons (Fsp3) is 0.357. The Bertz CT molecular complexity index is 411. The molecule has 1 unspecified atom stereocenters. The van der Waals surface area contributed by atoms with Crippen molar-refractivity contribution in [3.05, 3.63) is 35.4 Å². The Morgan fingerprint density at radius 2 is 2.06 bits per heavy atom. The van der Waals surface area contributed by atoms with Crippen molar-refractivity contribution in [3.8, 4) is 18.4 Å². The minimum Gasteiger partial charge on any atom is -0.387 e. The molecule has 1 rings (SSSR count). The maximum absolute atomic E-state index is 9.85. The monoisotopic (exact) mass is 228 g/mol. The molecule has 0 aliphatic heterocycles. The number of unbranched alkanes of at least 4 members (excludes halogenated alkanes) is 1. The molecular formula is C14H16N2O. The highest BCUT2D eigenvalue weighted by Crippen LogP contribution is 2.12. The van der Waals surface area contributed by atoms with Crippen LogP contribution < -0.4 is 5.32 Å². The average molecular weight is 228 g/mol. The normalized spacial score (nSPS) is 11.5. The van der Waals surface area contributed by atoms with E-state index in [1.165, 1.54) is 0 Å². The Balaban J connectivity index is 2.34. The average Bonchev–Trinajstić information content (AvgIpc) is 2.38. The zero-order chi connectivity index (χ0) is 12.5. The second kappa shape index (κ2) is 7.46. The molecule has 0 bridgehead atoms. The van der Waals surface area contributed by atoms with Gasteiger partial charge in [0.05, 0.1) is 17.7 Å². The molecule has 1 aromatic carbocycles. The standard InChI is InChI=1S/C14H16N2O/c1-2-3-4-9-16-11-14(17)13-7-5-12(10-15)6-8-13/h1,5-8,14,16-17H,3-4,9,11H2. The van der Waals surface area contributed by atoms with Crippen molar-refractivity contribution in [2.24, 2.45) is 0 Å². The molecular weight excluding hydrogens is 212 g/mol. The van der Waals surface area contributed by atoms with Crippen LogP contribution in [0.5, 0.6) is 0 Å². The highest BCUT2D eigenvalue weighted by Gasteiger charge is 2.06. The Labute approximate surface area is 102 Å². The maximum Gasteiger partial charge on any atom is 0.0991 e. The summed E-state index contributed by atoms with van der Waals surface area (Å²) in [6, 6.07) is 8.99. The van der Waals surface area contributed by atoms with Crippen LogP contribution in [-0.2, 0) is 0 Å². The lowest BCUT2D eigenvalue weighted by molar-refractivity contribution is 0.175. The minimum atomic E-state index is -0.548. The van der Waals surface area contributed by atoms with E-state index < -0.39 is 6.10 Å². The molecule has 88 valence electrons. The van der Waals surface area contributed by atoms with E-state index in [0.29, 0.717) is 12.1 Å². The van der Waals surface area contributed by atoms with Crippen LogP contribution in [0.25, 0.3) is 0 Å². The predicted octanol–water partition coefficient (Wildman–Crippen LogP) is 1.59. The van der Waals surface area contributed by atoms with E-state index in [-0.39, 0.29) is 0 Å². The molecule has 3 heteroatoms. The van der Waals surface area contributed by atoms with E-state index in [1.807, 2.05) is 6.07 Å². The van der Waals surface area contributed by atoms with Gasteiger partial charge in [-0.1, -0.05) is 12.1 Å². The van der Waals surface area contributed by atoms with Gasteiger partial charge in [0.2, 0.25) is 0 Å². The van der Waals surface area contributed by atoms with Crippen LogP contribution in [0.1, 0.15) is 30.1 Å². The maximum atomic E-state index is 9.85.